The summed E-state index contributed by atoms with van der Waals surface area (Å²) in [6, 6.07) is 1.79. The highest BCUT2D eigenvalue weighted by molar-refractivity contribution is 14.0. The van der Waals surface area contributed by atoms with Crippen molar-refractivity contribution < 1.29 is 18.7 Å². The van der Waals surface area contributed by atoms with E-state index in [1.54, 1.807) is 6.07 Å². The van der Waals surface area contributed by atoms with Crippen molar-refractivity contribution in [2.75, 3.05) is 32.7 Å². The van der Waals surface area contributed by atoms with Crippen LogP contribution in [0.5, 0.6) is 0 Å². The normalized spacial score (nSPS) is 16.5. The molecule has 0 spiro atoms. The first-order valence-corrected chi connectivity index (χ1v) is 10.5. The number of guanidine groups is 1. The molecule has 0 aliphatic carbocycles. The van der Waals surface area contributed by atoms with Crippen molar-refractivity contribution in [2.45, 2.75) is 59.1 Å². The van der Waals surface area contributed by atoms with Gasteiger partial charge in [-0.15, -0.1) is 24.0 Å². The number of amides is 2. The molecule has 2 amide bonds. The third kappa shape index (κ3) is 9.36. The van der Waals surface area contributed by atoms with E-state index < -0.39 is 5.60 Å². The highest BCUT2D eigenvalue weighted by Gasteiger charge is 2.27. The van der Waals surface area contributed by atoms with E-state index in [1.165, 1.54) is 6.26 Å². The zero-order valence-electron chi connectivity index (χ0n) is 19.1. The van der Waals surface area contributed by atoms with Crippen LogP contribution in [0.4, 0.5) is 4.79 Å². The van der Waals surface area contributed by atoms with Gasteiger partial charge in [-0.2, -0.15) is 0 Å². The summed E-state index contributed by atoms with van der Waals surface area (Å²) in [6.45, 7) is 12.8. The van der Waals surface area contributed by atoms with Gasteiger partial charge in [-0.05, 0) is 53.5 Å². The minimum Gasteiger partial charge on any atom is -0.459 e. The van der Waals surface area contributed by atoms with Gasteiger partial charge in [0, 0.05) is 38.3 Å². The van der Waals surface area contributed by atoms with E-state index in [1.807, 2.05) is 34.6 Å². The first-order valence-electron chi connectivity index (χ1n) is 10.5. The lowest BCUT2D eigenvalue weighted by atomic mass is 10.2. The maximum absolute atomic E-state index is 12.0. The summed E-state index contributed by atoms with van der Waals surface area (Å²) in [4.78, 5) is 30.8. The van der Waals surface area contributed by atoms with Gasteiger partial charge in [-0.3, -0.25) is 9.79 Å². The lowest BCUT2D eigenvalue weighted by molar-refractivity contribution is 0.0507. The van der Waals surface area contributed by atoms with Crippen LogP contribution in [0.2, 0.25) is 0 Å². The number of aliphatic imine (C=N–C) groups is 1. The van der Waals surface area contributed by atoms with Crippen molar-refractivity contribution in [3.63, 3.8) is 0 Å². The number of halogens is 1. The number of ether oxygens (including phenoxy) is 1. The number of carbonyl (C=O) groups excluding carboxylic acids is 2. The molecule has 10 heteroatoms. The molecule has 1 atom stereocenters. The summed E-state index contributed by atoms with van der Waals surface area (Å²) in [5.41, 5.74) is 0.313. The fourth-order valence-electron chi connectivity index (χ4n) is 3.12. The van der Waals surface area contributed by atoms with Gasteiger partial charge in [0.15, 0.2) is 11.7 Å². The van der Waals surface area contributed by atoms with Crippen LogP contribution in [-0.2, 0) is 4.74 Å². The number of carbonyl (C=O) groups is 2. The van der Waals surface area contributed by atoms with Crippen LogP contribution < -0.4 is 16.0 Å². The zero-order chi connectivity index (χ0) is 22.1. The number of rotatable bonds is 7. The molecule has 2 heterocycles. The Kier molecular flexibility index (Phi) is 11.1. The summed E-state index contributed by atoms with van der Waals surface area (Å²) in [5.74, 6) is 0.968. The van der Waals surface area contributed by atoms with Gasteiger partial charge >= 0.3 is 6.09 Å². The molecule has 31 heavy (non-hydrogen) atoms. The van der Waals surface area contributed by atoms with Crippen molar-refractivity contribution in [3.05, 3.63) is 23.7 Å². The Morgan fingerprint density at radius 2 is 2.06 bits per heavy atom. The first-order chi connectivity index (χ1) is 14.2. The first kappa shape index (κ1) is 27.1. The van der Waals surface area contributed by atoms with E-state index in [9.17, 15) is 9.59 Å². The SMILES string of the molecule is CCNC(=NCCCNC(=O)c1occc1C)N1CCC(NC(=O)OC(C)(C)C)C1.I. The van der Waals surface area contributed by atoms with Gasteiger partial charge in [0.05, 0.1) is 12.3 Å². The molecule has 3 N–H and O–H groups in total. The van der Waals surface area contributed by atoms with Crippen LogP contribution in [0.3, 0.4) is 0 Å². The van der Waals surface area contributed by atoms with Crippen molar-refractivity contribution in [1.29, 1.82) is 0 Å². The maximum Gasteiger partial charge on any atom is 0.407 e. The average Bonchev–Trinajstić information content (AvgIpc) is 3.27. The van der Waals surface area contributed by atoms with E-state index in [0.29, 0.717) is 31.8 Å². The number of nitrogens with one attached hydrogen (secondary N) is 3. The van der Waals surface area contributed by atoms with E-state index >= 15 is 0 Å². The van der Waals surface area contributed by atoms with Gasteiger partial charge in [0.1, 0.15) is 5.60 Å². The highest BCUT2D eigenvalue weighted by Crippen LogP contribution is 2.12. The number of nitrogens with zero attached hydrogens (tertiary/aromatic N) is 2. The average molecular weight is 549 g/mol. The fourth-order valence-corrected chi connectivity index (χ4v) is 3.12. The Labute approximate surface area is 201 Å². The lowest BCUT2D eigenvalue weighted by Gasteiger charge is -2.23. The van der Waals surface area contributed by atoms with Gasteiger partial charge in [0.2, 0.25) is 0 Å². The monoisotopic (exact) mass is 549 g/mol. The fraction of sp³-hybridized carbons (Fsp3) is 0.667. The predicted octanol–water partition coefficient (Wildman–Crippen LogP) is 2.89. The standard InChI is InChI=1S/C21H35N5O4.HI/c1-6-22-19(24-11-7-10-23-18(27)17-15(2)9-13-29-17)26-12-8-16(14-26)25-20(28)30-21(3,4)5;/h9,13,16H,6-8,10-12,14H2,1-5H3,(H,22,24)(H,23,27)(H,25,28);1H. The van der Waals surface area contributed by atoms with Crippen LogP contribution in [0.1, 0.15) is 56.7 Å². The predicted molar refractivity (Wildman–Crippen MR) is 131 cm³/mol. The maximum atomic E-state index is 12.0. The molecule has 1 aliphatic heterocycles. The van der Waals surface area contributed by atoms with Crippen LogP contribution in [0, 0.1) is 6.92 Å². The zero-order valence-corrected chi connectivity index (χ0v) is 21.4. The molecule has 176 valence electrons. The van der Waals surface area contributed by atoms with E-state index in [2.05, 4.69) is 25.8 Å². The largest absolute Gasteiger partial charge is 0.459 e. The summed E-state index contributed by atoms with van der Waals surface area (Å²) in [5, 5.41) is 9.07. The third-order valence-corrected chi connectivity index (χ3v) is 4.49. The number of hydrogen-bond donors (Lipinski definition) is 3. The minimum atomic E-state index is -0.510. The Bertz CT molecular complexity index is 744. The summed E-state index contributed by atoms with van der Waals surface area (Å²) in [7, 11) is 0. The minimum absolute atomic E-state index is 0. The molecule has 2 rings (SSSR count). The molecule has 1 unspecified atom stereocenters. The van der Waals surface area contributed by atoms with E-state index in [4.69, 9.17) is 9.15 Å². The summed E-state index contributed by atoms with van der Waals surface area (Å²) in [6.07, 6.45) is 2.67. The lowest BCUT2D eigenvalue weighted by Crippen LogP contribution is -2.44. The second-order valence-corrected chi connectivity index (χ2v) is 8.36. The second kappa shape index (κ2) is 12.8. The molecule has 1 saturated heterocycles. The van der Waals surface area contributed by atoms with Crippen molar-refractivity contribution >= 4 is 41.9 Å². The molecular weight excluding hydrogens is 513 g/mol. The Balaban J connectivity index is 0.00000480. The Morgan fingerprint density at radius 1 is 1.32 bits per heavy atom. The number of alkyl carbamates (subject to hydrolysis) is 1. The number of likely N-dealkylation sites (tertiary alicyclic amines) is 1. The highest BCUT2D eigenvalue weighted by atomic mass is 127. The molecular formula is C21H36IN5O4. The molecule has 0 bridgehead atoms. The third-order valence-electron chi connectivity index (χ3n) is 4.49. The van der Waals surface area contributed by atoms with Crippen LogP contribution >= 0.6 is 24.0 Å². The van der Waals surface area contributed by atoms with Crippen molar-refractivity contribution in [1.82, 2.24) is 20.9 Å². The van der Waals surface area contributed by atoms with E-state index in [0.717, 1.165) is 31.0 Å². The van der Waals surface area contributed by atoms with Gasteiger partial charge in [-0.1, -0.05) is 0 Å². The molecule has 0 saturated carbocycles. The van der Waals surface area contributed by atoms with Crippen molar-refractivity contribution in [3.8, 4) is 0 Å². The van der Waals surface area contributed by atoms with Gasteiger partial charge in [0.25, 0.3) is 5.91 Å². The molecule has 0 aromatic carbocycles. The molecule has 1 aromatic heterocycles. The number of furan rings is 1. The van der Waals surface area contributed by atoms with Crippen LogP contribution in [0.15, 0.2) is 21.7 Å². The van der Waals surface area contributed by atoms with Crippen LogP contribution in [-0.4, -0.2) is 67.2 Å². The summed E-state index contributed by atoms with van der Waals surface area (Å²) < 4.78 is 10.5. The number of hydrogen-bond acceptors (Lipinski definition) is 5. The van der Waals surface area contributed by atoms with Gasteiger partial charge in [-0.25, -0.2) is 4.79 Å². The molecule has 1 aromatic rings. The molecule has 1 fully saturated rings. The van der Waals surface area contributed by atoms with Crippen LogP contribution in [0.25, 0.3) is 0 Å². The smallest absolute Gasteiger partial charge is 0.407 e. The molecule has 9 nitrogen and oxygen atoms in total. The molecule has 0 radical (unpaired) electrons. The number of aryl methyl sites for hydroxylation is 1. The van der Waals surface area contributed by atoms with Crippen molar-refractivity contribution in [2.24, 2.45) is 4.99 Å². The topological polar surface area (TPSA) is 108 Å². The van der Waals surface area contributed by atoms with E-state index in [-0.39, 0.29) is 42.0 Å². The van der Waals surface area contributed by atoms with Gasteiger partial charge < -0.3 is 30.0 Å². The molecule has 1 aliphatic rings. The summed E-state index contributed by atoms with van der Waals surface area (Å²) >= 11 is 0. The Morgan fingerprint density at radius 3 is 2.68 bits per heavy atom. The Hall–Kier alpha value is -1.98. The second-order valence-electron chi connectivity index (χ2n) is 8.36. The quantitative estimate of drug-likeness (QED) is 0.209.